The fourth-order valence-corrected chi connectivity index (χ4v) is 4.59. The van der Waals surface area contributed by atoms with Crippen LogP contribution in [0.3, 0.4) is 0 Å². The Kier molecular flexibility index (Phi) is 5.43. The maximum atomic E-state index is 12.3. The van der Waals surface area contributed by atoms with Gasteiger partial charge in [0.05, 0.1) is 5.25 Å². The van der Waals surface area contributed by atoms with E-state index in [-0.39, 0.29) is 11.2 Å². The highest BCUT2D eigenvalue weighted by Crippen LogP contribution is 2.30. The van der Waals surface area contributed by atoms with Crippen LogP contribution in [0.15, 0.2) is 4.34 Å². The summed E-state index contributed by atoms with van der Waals surface area (Å²) in [5.74, 6) is 1.38. The van der Waals surface area contributed by atoms with Gasteiger partial charge in [-0.25, -0.2) is 0 Å². The first-order valence-electron chi connectivity index (χ1n) is 7.24. The van der Waals surface area contributed by atoms with Gasteiger partial charge in [-0.15, -0.1) is 10.2 Å². The van der Waals surface area contributed by atoms with Crippen molar-refractivity contribution in [3.63, 3.8) is 0 Å². The van der Waals surface area contributed by atoms with E-state index >= 15 is 0 Å². The number of nitrogens with one attached hydrogen (secondary N) is 1. The van der Waals surface area contributed by atoms with Gasteiger partial charge >= 0.3 is 0 Å². The van der Waals surface area contributed by atoms with E-state index in [0.29, 0.717) is 17.9 Å². The lowest BCUT2D eigenvalue weighted by Crippen LogP contribution is -2.46. The average Bonchev–Trinajstić information content (AvgIpc) is 2.80. The Hall–Kier alpha value is -0.620. The van der Waals surface area contributed by atoms with E-state index < -0.39 is 0 Å². The predicted molar refractivity (Wildman–Crippen MR) is 84.1 cm³/mol. The van der Waals surface area contributed by atoms with Crippen molar-refractivity contribution in [2.24, 2.45) is 11.8 Å². The smallest absolute Gasteiger partial charge is 0.233 e. The summed E-state index contributed by atoms with van der Waals surface area (Å²) in [5.41, 5.74) is 0. The minimum atomic E-state index is -0.119. The van der Waals surface area contributed by atoms with E-state index in [9.17, 15) is 4.79 Å². The number of carbonyl (C=O) groups is 1. The van der Waals surface area contributed by atoms with Crippen molar-refractivity contribution in [2.45, 2.75) is 62.6 Å². The summed E-state index contributed by atoms with van der Waals surface area (Å²) in [6.45, 7) is 8.40. The number of thioether (sulfide) groups is 1. The monoisotopic (exact) mass is 313 g/mol. The molecule has 0 spiro atoms. The molecule has 1 aromatic rings. The second-order valence-electron chi connectivity index (χ2n) is 5.73. The first-order valence-corrected chi connectivity index (χ1v) is 8.94. The molecule has 1 heterocycles. The summed E-state index contributed by atoms with van der Waals surface area (Å²) in [4.78, 5) is 12.3. The third-order valence-corrected chi connectivity index (χ3v) is 6.21. The zero-order chi connectivity index (χ0) is 14.7. The van der Waals surface area contributed by atoms with Crippen molar-refractivity contribution in [2.75, 3.05) is 0 Å². The third kappa shape index (κ3) is 3.95. The predicted octanol–water partition coefficient (Wildman–Crippen LogP) is 3.27. The van der Waals surface area contributed by atoms with Gasteiger partial charge in [-0.1, -0.05) is 49.8 Å². The van der Waals surface area contributed by atoms with Gasteiger partial charge < -0.3 is 5.32 Å². The fourth-order valence-electron chi connectivity index (χ4n) is 2.62. The van der Waals surface area contributed by atoms with Crippen LogP contribution in [0.4, 0.5) is 0 Å². The van der Waals surface area contributed by atoms with Gasteiger partial charge in [0, 0.05) is 6.04 Å². The van der Waals surface area contributed by atoms with Crippen molar-refractivity contribution in [1.82, 2.24) is 15.5 Å². The molecule has 1 saturated carbocycles. The van der Waals surface area contributed by atoms with Crippen molar-refractivity contribution in [3.8, 4) is 0 Å². The van der Waals surface area contributed by atoms with Crippen molar-refractivity contribution in [3.05, 3.63) is 5.01 Å². The van der Waals surface area contributed by atoms with E-state index in [1.165, 1.54) is 24.6 Å². The molecule has 0 aromatic carbocycles. The number of rotatable bonds is 4. The van der Waals surface area contributed by atoms with Crippen LogP contribution < -0.4 is 5.32 Å². The maximum absolute atomic E-state index is 12.3. The van der Waals surface area contributed by atoms with Crippen LogP contribution in [0.5, 0.6) is 0 Å². The van der Waals surface area contributed by atoms with Crippen molar-refractivity contribution < 1.29 is 4.79 Å². The number of aryl methyl sites for hydroxylation is 1. The fraction of sp³-hybridized carbons (Fsp3) is 0.786. The SMILES string of the molecule is Cc1nnc(S[C@H](C)C(=O)N[C@@H]2CCC[C@H](C)[C@@H]2C)s1. The van der Waals surface area contributed by atoms with Gasteiger partial charge in [-0.2, -0.15) is 0 Å². The van der Waals surface area contributed by atoms with E-state index in [4.69, 9.17) is 0 Å². The van der Waals surface area contributed by atoms with E-state index in [2.05, 4.69) is 29.4 Å². The van der Waals surface area contributed by atoms with Crippen molar-refractivity contribution >= 4 is 29.0 Å². The number of carbonyl (C=O) groups excluding carboxylic acids is 1. The minimum Gasteiger partial charge on any atom is -0.352 e. The molecule has 4 nitrogen and oxygen atoms in total. The van der Waals surface area contributed by atoms with Gasteiger partial charge in [-0.05, 0) is 32.1 Å². The summed E-state index contributed by atoms with van der Waals surface area (Å²) < 4.78 is 0.871. The Morgan fingerprint density at radius 1 is 1.40 bits per heavy atom. The summed E-state index contributed by atoms with van der Waals surface area (Å²) in [6, 6.07) is 0.324. The van der Waals surface area contributed by atoms with Gasteiger partial charge in [0.15, 0.2) is 4.34 Å². The highest BCUT2D eigenvalue weighted by molar-refractivity contribution is 8.02. The molecule has 0 saturated heterocycles. The molecule has 1 fully saturated rings. The summed E-state index contributed by atoms with van der Waals surface area (Å²) in [5, 5.41) is 12.1. The lowest BCUT2D eigenvalue weighted by molar-refractivity contribution is -0.121. The topological polar surface area (TPSA) is 54.9 Å². The quantitative estimate of drug-likeness (QED) is 0.867. The second kappa shape index (κ2) is 6.89. The first kappa shape index (κ1) is 15.8. The van der Waals surface area contributed by atoms with Crippen LogP contribution in [-0.4, -0.2) is 27.4 Å². The van der Waals surface area contributed by atoms with Gasteiger partial charge in [-0.3, -0.25) is 4.79 Å². The average molecular weight is 313 g/mol. The highest BCUT2D eigenvalue weighted by atomic mass is 32.2. The maximum Gasteiger partial charge on any atom is 0.233 e. The number of hydrogen-bond acceptors (Lipinski definition) is 5. The third-order valence-electron chi connectivity index (χ3n) is 4.19. The van der Waals surface area contributed by atoms with Crippen LogP contribution in [0.25, 0.3) is 0 Å². The molecule has 1 aromatic heterocycles. The minimum absolute atomic E-state index is 0.119. The zero-order valence-corrected chi connectivity index (χ0v) is 14.2. The molecule has 112 valence electrons. The van der Waals surface area contributed by atoms with Crippen molar-refractivity contribution in [1.29, 1.82) is 0 Å². The molecule has 6 heteroatoms. The number of hydrogen-bond donors (Lipinski definition) is 1. The molecule has 4 atom stereocenters. The molecule has 1 amide bonds. The van der Waals surface area contributed by atoms with Crippen LogP contribution in [0.2, 0.25) is 0 Å². The summed E-state index contributed by atoms with van der Waals surface area (Å²) >= 11 is 3.04. The summed E-state index contributed by atoms with van der Waals surface area (Å²) in [7, 11) is 0. The first-order chi connectivity index (χ1) is 9.47. The van der Waals surface area contributed by atoms with Crippen LogP contribution in [0.1, 0.15) is 45.0 Å². The number of nitrogens with zero attached hydrogens (tertiary/aromatic N) is 2. The van der Waals surface area contributed by atoms with Gasteiger partial charge in [0.1, 0.15) is 5.01 Å². The molecule has 1 aliphatic carbocycles. The Balaban J connectivity index is 1.87. The molecule has 1 N–H and O–H groups in total. The molecule has 0 radical (unpaired) electrons. The van der Waals surface area contributed by atoms with Gasteiger partial charge in [0.2, 0.25) is 5.91 Å². The Bertz CT molecular complexity index is 463. The lowest BCUT2D eigenvalue weighted by Gasteiger charge is -2.35. The van der Waals surface area contributed by atoms with Crippen LogP contribution >= 0.6 is 23.1 Å². The van der Waals surface area contributed by atoms with Crippen LogP contribution in [-0.2, 0) is 4.79 Å². The largest absolute Gasteiger partial charge is 0.352 e. The molecule has 20 heavy (non-hydrogen) atoms. The number of aromatic nitrogens is 2. The Morgan fingerprint density at radius 2 is 2.15 bits per heavy atom. The normalized spacial score (nSPS) is 28.1. The molecular formula is C14H23N3OS2. The van der Waals surface area contributed by atoms with Crippen LogP contribution in [0, 0.1) is 18.8 Å². The molecule has 0 unspecified atom stereocenters. The van der Waals surface area contributed by atoms with E-state index in [0.717, 1.165) is 15.8 Å². The van der Waals surface area contributed by atoms with E-state index in [1.807, 2.05) is 13.8 Å². The lowest BCUT2D eigenvalue weighted by atomic mass is 9.78. The highest BCUT2D eigenvalue weighted by Gasteiger charge is 2.29. The summed E-state index contributed by atoms with van der Waals surface area (Å²) in [6.07, 6.45) is 3.60. The van der Waals surface area contributed by atoms with Gasteiger partial charge in [0.25, 0.3) is 0 Å². The number of amides is 1. The standard InChI is InChI=1S/C14H23N3OS2/c1-8-6-5-7-12(9(8)2)15-13(18)10(3)19-14-17-16-11(4)20-14/h8-10,12H,5-7H2,1-4H3,(H,15,18)/t8-,9-,10+,12+/m0/s1. The molecule has 0 aliphatic heterocycles. The zero-order valence-electron chi connectivity index (χ0n) is 12.5. The molecular weight excluding hydrogens is 290 g/mol. The Labute approximate surface area is 129 Å². The van der Waals surface area contributed by atoms with E-state index in [1.54, 1.807) is 11.3 Å². The Morgan fingerprint density at radius 3 is 2.80 bits per heavy atom. The molecule has 1 aliphatic rings. The molecule has 0 bridgehead atoms. The second-order valence-corrected chi connectivity index (χ2v) is 8.50. The molecule has 2 rings (SSSR count).